The highest BCUT2D eigenvalue weighted by Crippen LogP contribution is 2.42. The second kappa shape index (κ2) is 10.4. The topological polar surface area (TPSA) is 30.0 Å². The molecule has 0 fully saturated rings. The van der Waals surface area contributed by atoms with Crippen LogP contribution in [0.1, 0.15) is 33.4 Å². The van der Waals surface area contributed by atoms with Crippen molar-refractivity contribution in [2.75, 3.05) is 42.3 Å². The van der Waals surface area contributed by atoms with Gasteiger partial charge in [0.05, 0.1) is 0 Å². The van der Waals surface area contributed by atoms with Gasteiger partial charge in [0.1, 0.15) is 5.60 Å². The van der Waals surface area contributed by atoms with Crippen molar-refractivity contribution < 1.29 is 5.11 Å². The molecule has 0 saturated carbocycles. The number of aliphatic hydroxyl groups is 1. The molecule has 0 aliphatic rings. The van der Waals surface area contributed by atoms with Crippen LogP contribution in [0.5, 0.6) is 0 Å². The Labute approximate surface area is 193 Å². The van der Waals surface area contributed by atoms with Gasteiger partial charge in [0.2, 0.25) is 0 Å². The van der Waals surface area contributed by atoms with Gasteiger partial charge in [0, 0.05) is 19.6 Å². The minimum absolute atomic E-state index is 0.754. The average Bonchev–Trinajstić information content (AvgIpc) is 2.73. The van der Waals surface area contributed by atoms with E-state index in [1.54, 1.807) is 0 Å². The van der Waals surface area contributed by atoms with Gasteiger partial charge >= 0.3 is 0 Å². The zero-order valence-corrected chi connectivity index (χ0v) is 20.3. The Morgan fingerprint density at radius 2 is 0.750 bits per heavy atom. The fourth-order valence-electron chi connectivity index (χ4n) is 4.49. The van der Waals surface area contributed by atoms with E-state index in [1.807, 2.05) is 18.2 Å². The van der Waals surface area contributed by atoms with Gasteiger partial charge in [0.15, 0.2) is 0 Å². The largest absolute Gasteiger partial charge is 0.376 e. The first-order chi connectivity index (χ1) is 15.2. The second-order valence-electron chi connectivity index (χ2n) is 9.40. The van der Waals surface area contributed by atoms with E-state index in [0.717, 1.165) is 53.0 Å². The summed E-state index contributed by atoms with van der Waals surface area (Å²) in [6.07, 6.45) is 0. The summed E-state index contributed by atoms with van der Waals surface area (Å²) in [7, 11) is 12.4. The van der Waals surface area contributed by atoms with Gasteiger partial charge in [-0.1, -0.05) is 72.8 Å². The highest BCUT2D eigenvalue weighted by Gasteiger charge is 2.39. The van der Waals surface area contributed by atoms with Gasteiger partial charge in [0.25, 0.3) is 0 Å². The summed E-state index contributed by atoms with van der Waals surface area (Å²) in [5.74, 6) is 0. The van der Waals surface area contributed by atoms with E-state index in [2.05, 4.69) is 112 Å². The van der Waals surface area contributed by atoms with E-state index in [4.69, 9.17) is 0 Å². The van der Waals surface area contributed by atoms with E-state index in [0.29, 0.717) is 0 Å². The van der Waals surface area contributed by atoms with Crippen molar-refractivity contribution in [3.8, 4) is 0 Å². The quantitative estimate of drug-likeness (QED) is 0.516. The van der Waals surface area contributed by atoms with Gasteiger partial charge in [-0.05, 0) is 75.7 Å². The molecule has 32 heavy (non-hydrogen) atoms. The molecule has 0 aromatic heterocycles. The lowest BCUT2D eigenvalue weighted by Gasteiger charge is -2.36. The monoisotopic (exact) mass is 431 g/mol. The Hall–Kier alpha value is -2.50. The van der Waals surface area contributed by atoms with Crippen molar-refractivity contribution in [2.45, 2.75) is 25.2 Å². The van der Waals surface area contributed by atoms with Gasteiger partial charge in [-0.3, -0.25) is 0 Å². The first-order valence-electron chi connectivity index (χ1n) is 11.1. The molecular weight excluding hydrogens is 394 g/mol. The second-order valence-corrected chi connectivity index (χ2v) is 9.40. The van der Waals surface area contributed by atoms with E-state index in [1.165, 1.54) is 0 Å². The third kappa shape index (κ3) is 5.28. The molecule has 0 heterocycles. The molecule has 170 valence electrons. The maximum atomic E-state index is 12.9. The van der Waals surface area contributed by atoms with Crippen LogP contribution in [0.15, 0.2) is 72.8 Å². The zero-order valence-electron chi connectivity index (χ0n) is 20.3. The van der Waals surface area contributed by atoms with E-state index < -0.39 is 5.60 Å². The fraction of sp³-hybridized carbons (Fsp3) is 0.357. The lowest BCUT2D eigenvalue weighted by Crippen LogP contribution is -2.34. The van der Waals surface area contributed by atoms with Gasteiger partial charge in [-0.2, -0.15) is 0 Å². The Balaban J connectivity index is 2.36. The minimum atomic E-state index is -1.27. The summed E-state index contributed by atoms with van der Waals surface area (Å²) in [6, 6.07) is 24.9. The van der Waals surface area contributed by atoms with E-state index in [-0.39, 0.29) is 0 Å². The molecule has 1 N–H and O–H groups in total. The first-order valence-corrected chi connectivity index (χ1v) is 11.1. The maximum absolute atomic E-state index is 12.9. The van der Waals surface area contributed by atoms with Crippen LogP contribution in [0.25, 0.3) is 0 Å². The molecular formula is C28H37N3O. The van der Waals surface area contributed by atoms with E-state index in [9.17, 15) is 5.11 Å². The van der Waals surface area contributed by atoms with Crippen molar-refractivity contribution in [3.05, 3.63) is 106 Å². The summed E-state index contributed by atoms with van der Waals surface area (Å²) in [6.45, 7) is 2.26. The summed E-state index contributed by atoms with van der Waals surface area (Å²) in [4.78, 5) is 6.45. The summed E-state index contributed by atoms with van der Waals surface area (Å²) >= 11 is 0. The van der Waals surface area contributed by atoms with Crippen LogP contribution in [0.4, 0.5) is 0 Å². The molecule has 0 amide bonds. The summed E-state index contributed by atoms with van der Waals surface area (Å²) in [5, 5.41) is 12.9. The van der Waals surface area contributed by atoms with Crippen LogP contribution in [-0.2, 0) is 25.2 Å². The average molecular weight is 432 g/mol. The highest BCUT2D eigenvalue weighted by atomic mass is 16.3. The summed E-state index contributed by atoms with van der Waals surface area (Å²) < 4.78 is 0. The Morgan fingerprint density at radius 1 is 0.500 bits per heavy atom. The van der Waals surface area contributed by atoms with Crippen LogP contribution >= 0.6 is 0 Å². The Morgan fingerprint density at radius 3 is 1.00 bits per heavy atom. The van der Waals surface area contributed by atoms with Gasteiger partial charge in [-0.25, -0.2) is 0 Å². The molecule has 0 spiro atoms. The predicted molar refractivity (Wildman–Crippen MR) is 134 cm³/mol. The molecule has 4 heteroatoms. The normalized spacial score (nSPS) is 12.2. The first kappa shape index (κ1) is 24.1. The smallest absolute Gasteiger partial charge is 0.141 e. The highest BCUT2D eigenvalue weighted by molar-refractivity contribution is 5.54. The molecule has 3 rings (SSSR count). The maximum Gasteiger partial charge on any atom is 0.141 e. The fourth-order valence-corrected chi connectivity index (χ4v) is 4.49. The van der Waals surface area contributed by atoms with Crippen molar-refractivity contribution in [3.63, 3.8) is 0 Å². The third-order valence-corrected chi connectivity index (χ3v) is 5.68. The predicted octanol–water partition coefficient (Wildman–Crippen LogP) is 4.16. The molecule has 0 bridgehead atoms. The molecule has 0 aliphatic carbocycles. The lowest BCUT2D eigenvalue weighted by atomic mass is 9.75. The van der Waals surface area contributed by atoms with Crippen molar-refractivity contribution >= 4 is 0 Å². The van der Waals surface area contributed by atoms with Gasteiger partial charge in [-0.15, -0.1) is 0 Å². The molecule has 3 aromatic carbocycles. The molecule has 0 aliphatic heterocycles. The third-order valence-electron chi connectivity index (χ3n) is 5.68. The SMILES string of the molecule is CN(C)Cc1ccccc1C(O)(c1ccccc1CN(C)C)c1ccccc1CN(C)C. The van der Waals surface area contributed by atoms with Crippen LogP contribution < -0.4 is 0 Å². The Kier molecular flexibility index (Phi) is 7.86. The van der Waals surface area contributed by atoms with Crippen molar-refractivity contribution in [2.24, 2.45) is 0 Å². The molecule has 0 radical (unpaired) electrons. The van der Waals surface area contributed by atoms with Crippen LogP contribution in [-0.4, -0.2) is 62.1 Å². The van der Waals surface area contributed by atoms with Crippen molar-refractivity contribution in [1.82, 2.24) is 14.7 Å². The number of rotatable bonds is 9. The molecule has 4 nitrogen and oxygen atoms in total. The number of nitrogens with zero attached hydrogens (tertiary/aromatic N) is 3. The van der Waals surface area contributed by atoms with Gasteiger partial charge < -0.3 is 19.8 Å². The van der Waals surface area contributed by atoms with Crippen LogP contribution in [0.2, 0.25) is 0 Å². The minimum Gasteiger partial charge on any atom is -0.376 e. The molecule has 3 aromatic rings. The van der Waals surface area contributed by atoms with Crippen molar-refractivity contribution in [1.29, 1.82) is 0 Å². The Bertz CT molecular complexity index is 896. The standard InChI is InChI=1S/C28H37N3O/c1-29(2)19-22-13-7-10-16-25(22)28(32,26-17-11-8-14-23(26)20-30(3)4)27-18-12-9-15-24(27)21-31(5)6/h7-18,32H,19-21H2,1-6H3. The number of hydrogen-bond donors (Lipinski definition) is 1. The number of hydrogen-bond acceptors (Lipinski definition) is 4. The van der Waals surface area contributed by atoms with E-state index >= 15 is 0 Å². The zero-order chi connectivity index (χ0) is 23.3. The molecule has 0 saturated heterocycles. The van der Waals surface area contributed by atoms with Crippen LogP contribution in [0, 0.1) is 0 Å². The number of benzene rings is 3. The lowest BCUT2D eigenvalue weighted by molar-refractivity contribution is 0.120. The molecule has 0 unspecified atom stereocenters. The summed E-state index contributed by atoms with van der Waals surface area (Å²) in [5.41, 5.74) is 4.91. The van der Waals surface area contributed by atoms with Crippen LogP contribution in [0.3, 0.4) is 0 Å². The molecule has 0 atom stereocenters.